The number of benzene rings is 1. The van der Waals surface area contributed by atoms with Crippen molar-refractivity contribution in [2.45, 2.75) is 57.0 Å². The second-order valence-corrected chi connectivity index (χ2v) is 7.04. The molecule has 1 aliphatic heterocycles. The Kier molecular flexibility index (Phi) is 4.97. The molecule has 2 unspecified atom stereocenters. The van der Waals surface area contributed by atoms with E-state index in [9.17, 15) is 5.11 Å². The predicted octanol–water partition coefficient (Wildman–Crippen LogP) is 3.64. The molecule has 1 saturated carbocycles. The van der Waals surface area contributed by atoms with Crippen molar-refractivity contribution >= 4 is 0 Å². The highest BCUT2D eigenvalue weighted by Gasteiger charge is 2.41. The van der Waals surface area contributed by atoms with Gasteiger partial charge in [-0.2, -0.15) is 0 Å². The van der Waals surface area contributed by atoms with Gasteiger partial charge in [-0.3, -0.25) is 0 Å². The fourth-order valence-electron chi connectivity index (χ4n) is 4.18. The molecular weight excluding hydrogens is 258 g/mol. The van der Waals surface area contributed by atoms with Crippen LogP contribution in [0.2, 0.25) is 0 Å². The van der Waals surface area contributed by atoms with Gasteiger partial charge in [-0.15, -0.1) is 0 Å². The normalized spacial score (nSPS) is 30.6. The maximum atomic E-state index is 11.1. The van der Waals surface area contributed by atoms with Gasteiger partial charge in [0.2, 0.25) is 0 Å². The van der Waals surface area contributed by atoms with Crippen LogP contribution in [0.1, 0.15) is 50.5 Å². The van der Waals surface area contributed by atoms with E-state index in [0.29, 0.717) is 5.92 Å². The van der Waals surface area contributed by atoms with E-state index in [1.165, 1.54) is 50.8 Å². The number of aliphatic hydroxyl groups is 1. The largest absolute Gasteiger partial charge is 0.390 e. The molecule has 1 heterocycles. The molecular formula is C19H29NO. The lowest BCUT2D eigenvalue weighted by Gasteiger charge is -2.36. The smallest absolute Gasteiger partial charge is 0.0691 e. The zero-order valence-corrected chi connectivity index (χ0v) is 13.1. The standard InChI is InChI=1S/C19H29NO/c21-19(13-11-17-8-3-1-4-9-17)12-7-10-18(19)16-20-14-5-2-6-15-20/h1,3-4,8-9,18,21H,2,5-7,10-16H2. The van der Waals surface area contributed by atoms with Crippen molar-refractivity contribution in [1.82, 2.24) is 4.90 Å². The Hall–Kier alpha value is -0.860. The molecule has 1 aromatic carbocycles. The van der Waals surface area contributed by atoms with Gasteiger partial charge in [0.25, 0.3) is 0 Å². The van der Waals surface area contributed by atoms with Gasteiger partial charge in [0, 0.05) is 12.5 Å². The van der Waals surface area contributed by atoms with Crippen molar-refractivity contribution in [3.05, 3.63) is 35.9 Å². The maximum Gasteiger partial charge on any atom is 0.0691 e. The average molecular weight is 287 g/mol. The van der Waals surface area contributed by atoms with Crippen LogP contribution in [-0.2, 0) is 6.42 Å². The van der Waals surface area contributed by atoms with Crippen LogP contribution in [0.15, 0.2) is 30.3 Å². The zero-order valence-electron chi connectivity index (χ0n) is 13.1. The van der Waals surface area contributed by atoms with E-state index >= 15 is 0 Å². The molecule has 0 aromatic heterocycles. The molecule has 1 aliphatic carbocycles. The number of hydrogen-bond acceptors (Lipinski definition) is 2. The number of hydrogen-bond donors (Lipinski definition) is 1. The number of likely N-dealkylation sites (tertiary alicyclic amines) is 1. The van der Waals surface area contributed by atoms with Gasteiger partial charge in [-0.05, 0) is 57.2 Å². The highest BCUT2D eigenvalue weighted by atomic mass is 16.3. The Balaban J connectivity index is 1.56. The Morgan fingerprint density at radius 1 is 1.05 bits per heavy atom. The second kappa shape index (κ2) is 6.93. The maximum absolute atomic E-state index is 11.1. The van der Waals surface area contributed by atoms with Crippen molar-refractivity contribution < 1.29 is 5.11 Å². The van der Waals surface area contributed by atoms with Gasteiger partial charge in [0.15, 0.2) is 0 Å². The summed E-state index contributed by atoms with van der Waals surface area (Å²) in [6.45, 7) is 3.60. The van der Waals surface area contributed by atoms with Crippen LogP contribution in [0.25, 0.3) is 0 Å². The minimum Gasteiger partial charge on any atom is -0.390 e. The van der Waals surface area contributed by atoms with Crippen LogP contribution in [0.4, 0.5) is 0 Å². The molecule has 0 bridgehead atoms. The van der Waals surface area contributed by atoms with E-state index in [0.717, 1.165) is 25.8 Å². The minimum atomic E-state index is -0.423. The SMILES string of the molecule is OC1(CCc2ccccc2)CCCC1CN1CCCCC1. The Bertz CT molecular complexity index is 426. The molecule has 21 heavy (non-hydrogen) atoms. The minimum absolute atomic E-state index is 0.423. The number of rotatable bonds is 5. The Morgan fingerprint density at radius 3 is 2.57 bits per heavy atom. The van der Waals surface area contributed by atoms with E-state index in [4.69, 9.17) is 0 Å². The summed E-state index contributed by atoms with van der Waals surface area (Å²) in [6.07, 6.45) is 9.41. The van der Waals surface area contributed by atoms with E-state index in [1.54, 1.807) is 0 Å². The summed E-state index contributed by atoms with van der Waals surface area (Å²) in [7, 11) is 0. The van der Waals surface area contributed by atoms with Crippen molar-refractivity contribution in [2.24, 2.45) is 5.92 Å². The molecule has 0 amide bonds. The topological polar surface area (TPSA) is 23.5 Å². The van der Waals surface area contributed by atoms with Gasteiger partial charge < -0.3 is 10.0 Å². The molecule has 2 nitrogen and oxygen atoms in total. The van der Waals surface area contributed by atoms with Gasteiger partial charge in [-0.25, -0.2) is 0 Å². The first-order valence-corrected chi connectivity index (χ1v) is 8.75. The molecule has 1 N–H and O–H groups in total. The third-order valence-corrected chi connectivity index (χ3v) is 5.54. The third kappa shape index (κ3) is 3.87. The van der Waals surface area contributed by atoms with E-state index in [-0.39, 0.29) is 0 Å². The summed E-state index contributed by atoms with van der Waals surface area (Å²) in [6, 6.07) is 10.6. The lowest BCUT2D eigenvalue weighted by atomic mass is 9.84. The first kappa shape index (κ1) is 15.1. The van der Waals surface area contributed by atoms with Crippen LogP contribution in [-0.4, -0.2) is 35.2 Å². The molecule has 2 heteroatoms. The summed E-state index contributed by atoms with van der Waals surface area (Å²) < 4.78 is 0. The van der Waals surface area contributed by atoms with E-state index in [1.807, 2.05) is 0 Å². The Labute approximate surface area is 129 Å². The van der Waals surface area contributed by atoms with Gasteiger partial charge in [0.1, 0.15) is 0 Å². The first-order valence-electron chi connectivity index (χ1n) is 8.75. The fourth-order valence-corrected chi connectivity index (χ4v) is 4.18. The van der Waals surface area contributed by atoms with Crippen molar-refractivity contribution in [2.75, 3.05) is 19.6 Å². The molecule has 116 valence electrons. The van der Waals surface area contributed by atoms with Crippen molar-refractivity contribution in [3.8, 4) is 0 Å². The summed E-state index contributed by atoms with van der Waals surface area (Å²) in [5.74, 6) is 0.485. The zero-order chi connectivity index (χ0) is 14.5. The second-order valence-electron chi connectivity index (χ2n) is 7.04. The van der Waals surface area contributed by atoms with Crippen molar-refractivity contribution in [3.63, 3.8) is 0 Å². The molecule has 2 fully saturated rings. The number of nitrogens with zero attached hydrogens (tertiary/aromatic N) is 1. The summed E-state index contributed by atoms with van der Waals surface area (Å²) >= 11 is 0. The van der Waals surface area contributed by atoms with Crippen molar-refractivity contribution in [1.29, 1.82) is 0 Å². The molecule has 1 saturated heterocycles. The highest BCUT2D eigenvalue weighted by Crippen LogP contribution is 2.39. The quantitative estimate of drug-likeness (QED) is 0.894. The van der Waals surface area contributed by atoms with Gasteiger partial charge in [-0.1, -0.05) is 43.2 Å². The van der Waals surface area contributed by atoms with Crippen LogP contribution in [0.5, 0.6) is 0 Å². The monoisotopic (exact) mass is 287 g/mol. The van der Waals surface area contributed by atoms with Crippen LogP contribution in [0.3, 0.4) is 0 Å². The summed E-state index contributed by atoms with van der Waals surface area (Å²) in [5, 5.41) is 11.1. The van der Waals surface area contributed by atoms with E-state index < -0.39 is 5.60 Å². The molecule has 2 atom stereocenters. The van der Waals surface area contributed by atoms with E-state index in [2.05, 4.69) is 35.2 Å². The molecule has 0 spiro atoms. The van der Waals surface area contributed by atoms with Crippen LogP contribution >= 0.6 is 0 Å². The highest BCUT2D eigenvalue weighted by molar-refractivity contribution is 5.15. The van der Waals surface area contributed by atoms with Crippen LogP contribution < -0.4 is 0 Å². The average Bonchev–Trinajstić information content (AvgIpc) is 2.89. The van der Waals surface area contributed by atoms with Gasteiger partial charge >= 0.3 is 0 Å². The lowest BCUT2D eigenvalue weighted by Crippen LogP contribution is -2.43. The predicted molar refractivity (Wildman–Crippen MR) is 87.3 cm³/mol. The molecule has 1 aromatic rings. The summed E-state index contributed by atoms with van der Waals surface area (Å²) in [5.41, 5.74) is 0.933. The third-order valence-electron chi connectivity index (χ3n) is 5.54. The molecule has 0 radical (unpaired) electrons. The Morgan fingerprint density at radius 2 is 1.81 bits per heavy atom. The molecule has 3 rings (SSSR count). The molecule has 2 aliphatic rings. The van der Waals surface area contributed by atoms with Gasteiger partial charge in [0.05, 0.1) is 5.60 Å². The number of piperidine rings is 1. The van der Waals surface area contributed by atoms with Crippen LogP contribution in [0, 0.1) is 5.92 Å². The first-order chi connectivity index (χ1) is 10.3. The lowest BCUT2D eigenvalue weighted by molar-refractivity contribution is -0.0195. The fraction of sp³-hybridized carbons (Fsp3) is 0.684. The number of aryl methyl sites for hydroxylation is 1. The summed E-state index contributed by atoms with van der Waals surface area (Å²) in [4.78, 5) is 2.59.